The minimum Gasteiger partial charge on any atom is -0.362 e. The van der Waals surface area contributed by atoms with E-state index in [1.807, 2.05) is 6.07 Å². The van der Waals surface area contributed by atoms with Gasteiger partial charge in [-0.2, -0.15) is 0 Å². The Labute approximate surface area is 153 Å². The summed E-state index contributed by atoms with van der Waals surface area (Å²) in [5.74, 6) is 2.89. The van der Waals surface area contributed by atoms with Crippen molar-refractivity contribution in [1.82, 2.24) is 5.32 Å². The highest BCUT2D eigenvalue weighted by Gasteiger charge is 2.50. The van der Waals surface area contributed by atoms with E-state index in [0.717, 1.165) is 30.0 Å². The highest BCUT2D eigenvalue weighted by atomic mass is 35.5. The van der Waals surface area contributed by atoms with E-state index in [1.54, 1.807) is 12.1 Å². The molecule has 5 heteroatoms. The van der Waals surface area contributed by atoms with Gasteiger partial charge in [0.05, 0.1) is 10.7 Å². The van der Waals surface area contributed by atoms with Crippen molar-refractivity contribution in [3.8, 4) is 0 Å². The molecule has 0 saturated heterocycles. The summed E-state index contributed by atoms with van der Waals surface area (Å²) >= 11 is 17.7. The molecule has 0 radical (unpaired) electrons. The predicted molar refractivity (Wildman–Crippen MR) is 101 cm³/mol. The van der Waals surface area contributed by atoms with Gasteiger partial charge in [-0.15, -0.1) is 0 Å². The molecule has 124 valence electrons. The topological polar surface area (TPSA) is 24.1 Å². The summed E-state index contributed by atoms with van der Waals surface area (Å²) in [6, 6.07) is 5.37. The third-order valence-corrected chi connectivity index (χ3v) is 6.78. The van der Waals surface area contributed by atoms with Crippen molar-refractivity contribution in [2.45, 2.75) is 38.5 Å². The van der Waals surface area contributed by atoms with E-state index in [0.29, 0.717) is 20.6 Å². The summed E-state index contributed by atoms with van der Waals surface area (Å²) in [7, 11) is 0. The van der Waals surface area contributed by atoms with Crippen LogP contribution in [0.3, 0.4) is 0 Å². The minimum atomic E-state index is 0.471. The van der Waals surface area contributed by atoms with Gasteiger partial charge in [-0.1, -0.05) is 23.2 Å². The summed E-state index contributed by atoms with van der Waals surface area (Å²) in [5.41, 5.74) is 1.24. The highest BCUT2D eigenvalue weighted by Crippen LogP contribution is 2.59. The maximum atomic E-state index is 6.19. The standard InChI is InChI=1S/C18H22Cl2N2S/c19-14-1-2-15(20)16(6-14)22-17(23)21-10-18-7-11-3-12(8-18)5-13(4-11)9-18/h1-2,6,11-13H,3-5,7-10H2,(H2,21,22,23). The monoisotopic (exact) mass is 368 g/mol. The van der Waals surface area contributed by atoms with Crippen LogP contribution in [0.25, 0.3) is 0 Å². The first kappa shape index (κ1) is 16.0. The molecule has 23 heavy (non-hydrogen) atoms. The van der Waals surface area contributed by atoms with Crippen molar-refractivity contribution < 1.29 is 0 Å². The molecule has 2 N–H and O–H groups in total. The van der Waals surface area contributed by atoms with Gasteiger partial charge in [0.15, 0.2) is 5.11 Å². The van der Waals surface area contributed by atoms with Crippen LogP contribution in [0.1, 0.15) is 38.5 Å². The van der Waals surface area contributed by atoms with Gasteiger partial charge in [-0.3, -0.25) is 0 Å². The van der Waals surface area contributed by atoms with E-state index >= 15 is 0 Å². The molecule has 0 unspecified atom stereocenters. The van der Waals surface area contributed by atoms with Gasteiger partial charge in [0.2, 0.25) is 0 Å². The van der Waals surface area contributed by atoms with Crippen molar-refractivity contribution in [1.29, 1.82) is 0 Å². The number of benzene rings is 1. The van der Waals surface area contributed by atoms with Crippen LogP contribution in [0.4, 0.5) is 5.69 Å². The first-order chi connectivity index (χ1) is 11.0. The average molecular weight is 369 g/mol. The molecule has 5 rings (SSSR count). The van der Waals surface area contributed by atoms with Gasteiger partial charge in [0, 0.05) is 11.6 Å². The fraction of sp³-hybridized carbons (Fsp3) is 0.611. The molecule has 2 nitrogen and oxygen atoms in total. The Morgan fingerprint density at radius 2 is 1.70 bits per heavy atom. The van der Waals surface area contributed by atoms with Gasteiger partial charge in [0.25, 0.3) is 0 Å². The highest BCUT2D eigenvalue weighted by molar-refractivity contribution is 7.80. The van der Waals surface area contributed by atoms with E-state index in [1.165, 1.54) is 38.5 Å². The van der Waals surface area contributed by atoms with Crippen LogP contribution in [0.2, 0.25) is 10.0 Å². The maximum absolute atomic E-state index is 6.19. The van der Waals surface area contributed by atoms with Crippen LogP contribution < -0.4 is 10.6 Å². The van der Waals surface area contributed by atoms with E-state index in [4.69, 9.17) is 35.4 Å². The number of halogens is 2. The predicted octanol–water partition coefficient (Wildman–Crippen LogP) is 5.50. The Kier molecular flexibility index (Phi) is 4.23. The SMILES string of the molecule is S=C(NCC12CC3CC(CC(C3)C1)C2)Nc1cc(Cl)ccc1Cl. The molecule has 0 spiro atoms. The Morgan fingerprint density at radius 3 is 2.30 bits per heavy atom. The zero-order valence-corrected chi connectivity index (χ0v) is 15.4. The molecule has 0 aliphatic heterocycles. The quantitative estimate of drug-likeness (QED) is 0.689. The second-order valence-corrected chi connectivity index (χ2v) is 9.10. The van der Waals surface area contributed by atoms with Gasteiger partial charge >= 0.3 is 0 Å². The molecule has 4 aliphatic carbocycles. The van der Waals surface area contributed by atoms with E-state index in [9.17, 15) is 0 Å². The third-order valence-electron chi connectivity index (χ3n) is 5.97. The lowest BCUT2D eigenvalue weighted by atomic mass is 9.49. The molecule has 0 atom stereocenters. The summed E-state index contributed by atoms with van der Waals surface area (Å²) < 4.78 is 0. The third kappa shape index (κ3) is 3.33. The van der Waals surface area contributed by atoms with Gasteiger partial charge in [0.1, 0.15) is 0 Å². The molecule has 4 aliphatic rings. The lowest BCUT2D eigenvalue weighted by Gasteiger charge is -2.57. The summed E-state index contributed by atoms with van der Waals surface area (Å²) in [5, 5.41) is 8.57. The number of thiocarbonyl (C=S) groups is 1. The molecule has 1 aromatic rings. The lowest BCUT2D eigenvalue weighted by molar-refractivity contribution is -0.0490. The number of nitrogens with one attached hydrogen (secondary N) is 2. The van der Waals surface area contributed by atoms with Crippen molar-refractivity contribution in [3.63, 3.8) is 0 Å². The van der Waals surface area contributed by atoms with E-state index in [2.05, 4.69) is 10.6 Å². The summed E-state index contributed by atoms with van der Waals surface area (Å²) in [6.07, 6.45) is 8.56. The molecule has 0 amide bonds. The molecule has 0 heterocycles. The number of hydrogen-bond acceptors (Lipinski definition) is 1. The first-order valence-electron chi connectivity index (χ1n) is 8.51. The van der Waals surface area contributed by atoms with Gasteiger partial charge in [-0.05, 0) is 92.1 Å². The zero-order valence-electron chi connectivity index (χ0n) is 13.1. The Bertz CT molecular complexity index is 596. The second kappa shape index (κ2) is 6.09. The largest absolute Gasteiger partial charge is 0.362 e. The van der Waals surface area contributed by atoms with Crippen molar-refractivity contribution >= 4 is 46.2 Å². The fourth-order valence-electron chi connectivity index (χ4n) is 5.53. The van der Waals surface area contributed by atoms with Crippen molar-refractivity contribution in [3.05, 3.63) is 28.2 Å². The summed E-state index contributed by atoms with van der Waals surface area (Å²) in [4.78, 5) is 0. The fourth-order valence-corrected chi connectivity index (χ4v) is 6.05. The normalized spacial score (nSPS) is 34.4. The molecule has 4 fully saturated rings. The van der Waals surface area contributed by atoms with Crippen LogP contribution in [-0.2, 0) is 0 Å². The molecular weight excluding hydrogens is 347 g/mol. The van der Waals surface area contributed by atoms with Crippen LogP contribution in [0.5, 0.6) is 0 Å². The van der Waals surface area contributed by atoms with Crippen molar-refractivity contribution in [2.24, 2.45) is 23.2 Å². The molecule has 0 aromatic heterocycles. The molecule has 1 aromatic carbocycles. The number of anilines is 1. The average Bonchev–Trinajstić information content (AvgIpc) is 2.48. The Hall–Kier alpha value is -0.510. The number of hydrogen-bond donors (Lipinski definition) is 2. The van der Waals surface area contributed by atoms with Crippen LogP contribution in [0.15, 0.2) is 18.2 Å². The maximum Gasteiger partial charge on any atom is 0.170 e. The van der Waals surface area contributed by atoms with E-state index in [-0.39, 0.29) is 0 Å². The number of rotatable bonds is 3. The van der Waals surface area contributed by atoms with Crippen LogP contribution in [0, 0.1) is 23.2 Å². The Morgan fingerprint density at radius 1 is 1.09 bits per heavy atom. The molecule has 4 saturated carbocycles. The summed E-state index contributed by atoms with van der Waals surface area (Å²) in [6.45, 7) is 0.987. The van der Waals surface area contributed by atoms with Crippen LogP contribution in [-0.4, -0.2) is 11.7 Å². The first-order valence-corrected chi connectivity index (χ1v) is 9.68. The Balaban J connectivity index is 1.37. The molecular formula is C18H22Cl2N2S. The van der Waals surface area contributed by atoms with Crippen LogP contribution >= 0.6 is 35.4 Å². The van der Waals surface area contributed by atoms with Gasteiger partial charge in [-0.25, -0.2) is 0 Å². The smallest absolute Gasteiger partial charge is 0.170 e. The second-order valence-electron chi connectivity index (χ2n) is 7.85. The van der Waals surface area contributed by atoms with Crippen molar-refractivity contribution in [2.75, 3.05) is 11.9 Å². The molecule has 4 bridgehead atoms. The minimum absolute atomic E-state index is 0.471. The van der Waals surface area contributed by atoms with Gasteiger partial charge < -0.3 is 10.6 Å². The lowest BCUT2D eigenvalue weighted by Crippen LogP contribution is -2.51. The van der Waals surface area contributed by atoms with E-state index < -0.39 is 0 Å². The zero-order chi connectivity index (χ0) is 16.0.